The number of aliphatic imine (C=N–C) groups is 1. The van der Waals surface area contributed by atoms with Crippen molar-refractivity contribution in [2.24, 2.45) is 4.99 Å². The number of carbonyl (C=O) groups excluding carboxylic acids is 1. The smallest absolute Gasteiger partial charge is 0.246 e. The summed E-state index contributed by atoms with van der Waals surface area (Å²) in [7, 11) is 0. The fourth-order valence-electron chi connectivity index (χ4n) is 1.97. The van der Waals surface area contributed by atoms with Gasteiger partial charge >= 0.3 is 0 Å². The zero-order valence-corrected chi connectivity index (χ0v) is 12.5. The first-order valence-electron chi connectivity index (χ1n) is 6.42. The Hall–Kier alpha value is -1.62. The molecule has 1 aromatic carbocycles. The van der Waals surface area contributed by atoms with Crippen LogP contribution >= 0.6 is 11.8 Å². The molecule has 1 fully saturated rings. The van der Waals surface area contributed by atoms with Crippen molar-refractivity contribution >= 4 is 22.8 Å². The van der Waals surface area contributed by atoms with Gasteiger partial charge in [-0.1, -0.05) is 36.0 Å². The van der Waals surface area contributed by atoms with Crippen LogP contribution in [-0.4, -0.2) is 15.8 Å². The number of nitrogens with zero attached hydrogens (tertiary/aromatic N) is 1. The van der Waals surface area contributed by atoms with E-state index in [0.717, 1.165) is 5.56 Å². The lowest BCUT2D eigenvalue weighted by Crippen LogP contribution is -2.32. The summed E-state index contributed by atoms with van der Waals surface area (Å²) in [5, 5.41) is 3.39. The second-order valence-corrected chi connectivity index (χ2v) is 6.26. The quantitative estimate of drug-likeness (QED) is 0.867. The van der Waals surface area contributed by atoms with Gasteiger partial charge in [0.15, 0.2) is 5.17 Å². The molecular formula is C15H17FN2OS. The summed E-state index contributed by atoms with van der Waals surface area (Å²) in [6.07, 6.45) is 3.72. The summed E-state index contributed by atoms with van der Waals surface area (Å²) in [6, 6.07) is 6.10. The molecule has 5 heteroatoms. The van der Waals surface area contributed by atoms with Crippen molar-refractivity contribution in [3.63, 3.8) is 0 Å². The molecule has 2 atom stereocenters. The summed E-state index contributed by atoms with van der Waals surface area (Å²) < 4.78 is 12.3. The Morgan fingerprint density at radius 2 is 2.05 bits per heavy atom. The van der Waals surface area contributed by atoms with E-state index in [2.05, 4.69) is 10.3 Å². The topological polar surface area (TPSA) is 41.5 Å². The minimum atomic E-state index is -0.601. The Kier molecular flexibility index (Phi) is 4.28. The molecule has 3 nitrogen and oxygen atoms in total. The standard InChI is InChI=1S/C15H17FN2OS/c1-4-9-15(3)13(19)18-14(20-15)17-10(2)11-5-7-12(16)8-6-11/h4-10H,1-3H3,(H,17,18,19)/b9-4+/t10-,15?/m0/s1. The minimum absolute atomic E-state index is 0.0642. The molecule has 0 bridgehead atoms. The summed E-state index contributed by atoms with van der Waals surface area (Å²) in [5.41, 5.74) is 0.911. The number of thioether (sulfide) groups is 1. The van der Waals surface area contributed by atoms with Crippen LogP contribution < -0.4 is 5.32 Å². The maximum Gasteiger partial charge on any atom is 0.246 e. The lowest BCUT2D eigenvalue weighted by atomic mass is 10.1. The third-order valence-electron chi connectivity index (χ3n) is 3.13. The zero-order valence-electron chi connectivity index (χ0n) is 11.7. The van der Waals surface area contributed by atoms with Gasteiger partial charge in [0.1, 0.15) is 10.6 Å². The van der Waals surface area contributed by atoms with Crippen LogP contribution in [0.15, 0.2) is 41.4 Å². The number of hydrogen-bond donors (Lipinski definition) is 1. The Labute approximate surface area is 122 Å². The number of carbonyl (C=O) groups is 1. The highest BCUT2D eigenvalue weighted by Crippen LogP contribution is 2.34. The number of nitrogens with one attached hydrogen (secondary N) is 1. The fraction of sp³-hybridized carbons (Fsp3) is 0.333. The van der Waals surface area contributed by atoms with Gasteiger partial charge < -0.3 is 5.32 Å². The predicted octanol–water partition coefficient (Wildman–Crippen LogP) is 3.44. The number of halogens is 1. The molecule has 106 valence electrons. The van der Waals surface area contributed by atoms with E-state index >= 15 is 0 Å². The van der Waals surface area contributed by atoms with Crippen LogP contribution in [0.25, 0.3) is 0 Å². The average molecular weight is 292 g/mol. The largest absolute Gasteiger partial charge is 0.304 e. The fourth-order valence-corrected chi connectivity index (χ4v) is 3.08. The van der Waals surface area contributed by atoms with Crippen molar-refractivity contribution in [2.75, 3.05) is 0 Å². The molecule has 0 aliphatic carbocycles. The molecule has 1 aliphatic rings. The molecule has 1 unspecified atom stereocenters. The van der Waals surface area contributed by atoms with E-state index in [-0.39, 0.29) is 17.8 Å². The van der Waals surface area contributed by atoms with Crippen LogP contribution in [0.2, 0.25) is 0 Å². The number of hydrogen-bond acceptors (Lipinski definition) is 3. The lowest BCUT2D eigenvalue weighted by Gasteiger charge is -2.12. The lowest BCUT2D eigenvalue weighted by molar-refractivity contribution is -0.120. The molecule has 0 saturated carbocycles. The summed E-state index contributed by atoms with van der Waals surface area (Å²) in [4.78, 5) is 16.4. The molecule has 20 heavy (non-hydrogen) atoms. The van der Waals surface area contributed by atoms with Gasteiger partial charge in [0.05, 0.1) is 6.04 Å². The van der Waals surface area contributed by atoms with Crippen LogP contribution in [-0.2, 0) is 4.79 Å². The highest BCUT2D eigenvalue weighted by atomic mass is 32.2. The molecule has 1 aliphatic heterocycles. The molecule has 0 aromatic heterocycles. The molecule has 1 aromatic rings. The maximum absolute atomic E-state index is 12.9. The minimum Gasteiger partial charge on any atom is -0.304 e. The van der Waals surface area contributed by atoms with Crippen molar-refractivity contribution in [1.82, 2.24) is 5.32 Å². The van der Waals surface area contributed by atoms with E-state index in [9.17, 15) is 9.18 Å². The molecule has 0 spiro atoms. The Morgan fingerprint density at radius 1 is 1.40 bits per heavy atom. The number of amidine groups is 1. The van der Waals surface area contributed by atoms with E-state index in [1.54, 1.807) is 12.1 Å². The van der Waals surface area contributed by atoms with E-state index in [0.29, 0.717) is 5.17 Å². The van der Waals surface area contributed by atoms with Crippen molar-refractivity contribution in [3.05, 3.63) is 47.8 Å². The van der Waals surface area contributed by atoms with Crippen LogP contribution in [0, 0.1) is 5.82 Å². The van der Waals surface area contributed by atoms with E-state index in [1.165, 1.54) is 23.9 Å². The van der Waals surface area contributed by atoms with Gasteiger partial charge in [-0.2, -0.15) is 0 Å². The number of benzene rings is 1. The molecule has 2 rings (SSSR count). The summed E-state index contributed by atoms with van der Waals surface area (Å²) in [6.45, 7) is 5.66. The first kappa shape index (κ1) is 14.8. The van der Waals surface area contributed by atoms with Gasteiger partial charge in [-0.15, -0.1) is 0 Å². The second kappa shape index (κ2) is 5.79. The van der Waals surface area contributed by atoms with E-state index < -0.39 is 4.75 Å². The third-order valence-corrected chi connectivity index (χ3v) is 4.27. The molecule has 1 heterocycles. The van der Waals surface area contributed by atoms with Crippen LogP contribution in [0.5, 0.6) is 0 Å². The van der Waals surface area contributed by atoms with Gasteiger partial charge in [0.25, 0.3) is 0 Å². The SMILES string of the molecule is C/C=C/C1(C)SC(=N[C@@H](C)c2ccc(F)cc2)NC1=O. The number of rotatable bonds is 3. The van der Waals surface area contributed by atoms with Gasteiger partial charge in [-0.3, -0.25) is 9.79 Å². The van der Waals surface area contributed by atoms with Crippen molar-refractivity contribution in [2.45, 2.75) is 31.6 Å². The highest BCUT2D eigenvalue weighted by molar-refractivity contribution is 8.16. The molecule has 1 amide bonds. The third kappa shape index (κ3) is 3.10. The van der Waals surface area contributed by atoms with Crippen molar-refractivity contribution in [1.29, 1.82) is 0 Å². The van der Waals surface area contributed by atoms with Gasteiger partial charge in [-0.25, -0.2) is 4.39 Å². The van der Waals surface area contributed by atoms with E-state index in [4.69, 9.17) is 0 Å². The maximum atomic E-state index is 12.9. The Bertz CT molecular complexity index is 568. The van der Waals surface area contributed by atoms with Crippen molar-refractivity contribution in [3.8, 4) is 0 Å². The average Bonchev–Trinajstić information content (AvgIpc) is 2.65. The monoisotopic (exact) mass is 292 g/mol. The predicted molar refractivity (Wildman–Crippen MR) is 81.2 cm³/mol. The second-order valence-electron chi connectivity index (χ2n) is 4.83. The van der Waals surface area contributed by atoms with E-state index in [1.807, 2.05) is 32.9 Å². The first-order chi connectivity index (χ1) is 9.44. The normalized spacial score (nSPS) is 26.2. The molecule has 0 radical (unpaired) electrons. The van der Waals surface area contributed by atoms with Crippen LogP contribution in [0.1, 0.15) is 32.4 Å². The molecule has 1 saturated heterocycles. The van der Waals surface area contributed by atoms with Gasteiger partial charge in [-0.05, 0) is 38.5 Å². The molecule has 1 N–H and O–H groups in total. The van der Waals surface area contributed by atoms with Crippen molar-refractivity contribution < 1.29 is 9.18 Å². The number of allylic oxidation sites excluding steroid dienone is 1. The zero-order chi connectivity index (χ0) is 14.8. The van der Waals surface area contributed by atoms with Crippen LogP contribution in [0.4, 0.5) is 4.39 Å². The Balaban J connectivity index is 2.16. The summed E-state index contributed by atoms with van der Waals surface area (Å²) in [5.74, 6) is -0.330. The molecular weight excluding hydrogens is 275 g/mol. The number of amides is 1. The van der Waals surface area contributed by atoms with Gasteiger partial charge in [0, 0.05) is 0 Å². The first-order valence-corrected chi connectivity index (χ1v) is 7.24. The summed E-state index contributed by atoms with van der Waals surface area (Å²) >= 11 is 1.40. The Morgan fingerprint density at radius 3 is 2.65 bits per heavy atom. The van der Waals surface area contributed by atoms with Crippen LogP contribution in [0.3, 0.4) is 0 Å². The van der Waals surface area contributed by atoms with Gasteiger partial charge in [0.2, 0.25) is 5.91 Å². The highest BCUT2D eigenvalue weighted by Gasteiger charge is 2.40.